The van der Waals surface area contributed by atoms with Crippen molar-refractivity contribution in [2.45, 2.75) is 51.0 Å². The fourth-order valence-corrected chi connectivity index (χ4v) is 5.07. The predicted molar refractivity (Wildman–Crippen MR) is 95.0 cm³/mol. The predicted octanol–water partition coefficient (Wildman–Crippen LogP) is 3.34. The molecule has 1 aliphatic carbocycles. The number of hydrogen-bond acceptors (Lipinski definition) is 4. The topological polar surface area (TPSA) is 38.8 Å². The Morgan fingerprint density at radius 2 is 2.00 bits per heavy atom. The smallest absolute Gasteiger partial charge is 0.164 e. The lowest BCUT2D eigenvalue weighted by molar-refractivity contribution is -0.126. The molecule has 1 saturated heterocycles. The van der Waals surface area contributed by atoms with E-state index in [4.69, 9.17) is 9.47 Å². The van der Waals surface area contributed by atoms with Crippen LogP contribution in [0.15, 0.2) is 12.1 Å². The molecular weight excluding hydrogens is 302 g/mol. The van der Waals surface area contributed by atoms with Crippen LogP contribution in [-0.4, -0.2) is 44.5 Å². The number of ketones is 1. The highest BCUT2D eigenvalue weighted by atomic mass is 16.5. The second-order valence-corrected chi connectivity index (χ2v) is 7.48. The molecule has 4 heteroatoms. The van der Waals surface area contributed by atoms with Gasteiger partial charge in [-0.15, -0.1) is 0 Å². The number of hydrogen-bond donors (Lipinski definition) is 0. The second kappa shape index (κ2) is 6.40. The van der Waals surface area contributed by atoms with E-state index in [9.17, 15) is 4.79 Å². The zero-order valence-corrected chi connectivity index (χ0v) is 15.5. The first-order chi connectivity index (χ1) is 11.4. The summed E-state index contributed by atoms with van der Waals surface area (Å²) in [5.41, 5.74) is 2.26. The fraction of sp³-hybridized carbons (Fsp3) is 0.650. The van der Waals surface area contributed by atoms with Crippen LogP contribution in [-0.2, 0) is 10.2 Å². The molecule has 0 spiro atoms. The van der Waals surface area contributed by atoms with Gasteiger partial charge < -0.3 is 14.4 Å². The van der Waals surface area contributed by atoms with Crippen LogP contribution in [0.1, 0.15) is 43.7 Å². The van der Waals surface area contributed by atoms with Crippen molar-refractivity contribution in [3.63, 3.8) is 0 Å². The molecule has 3 rings (SSSR count). The number of ether oxygens (including phenoxy) is 2. The van der Waals surface area contributed by atoms with Gasteiger partial charge in [-0.1, -0.05) is 6.07 Å². The van der Waals surface area contributed by atoms with Crippen LogP contribution in [0.2, 0.25) is 0 Å². The molecule has 2 aliphatic rings. The molecule has 1 aromatic carbocycles. The molecule has 1 saturated carbocycles. The summed E-state index contributed by atoms with van der Waals surface area (Å²) in [4.78, 5) is 14.9. The molecule has 0 aromatic heterocycles. The number of carbonyl (C=O) groups is 1. The lowest BCUT2D eigenvalue weighted by atomic mass is 9.56. The van der Waals surface area contributed by atoms with Gasteiger partial charge in [-0.2, -0.15) is 0 Å². The molecule has 1 heterocycles. The van der Waals surface area contributed by atoms with E-state index >= 15 is 0 Å². The summed E-state index contributed by atoms with van der Waals surface area (Å²) in [6.07, 6.45) is 3.29. The standard InChI is InChI=1S/C20H29NO3/c1-13-6-9-17(23-4)19(24-5)18(13)20-10-11-21(3)14(2)16(20)8-7-15(22)12-20/h6,9,14,16H,7-8,10-12H2,1-5H3/t14-,16+,20+/m1/s1. The molecule has 2 fully saturated rings. The van der Waals surface area contributed by atoms with Crippen LogP contribution in [0, 0.1) is 12.8 Å². The van der Waals surface area contributed by atoms with Gasteiger partial charge in [0.2, 0.25) is 0 Å². The minimum atomic E-state index is -0.134. The number of Topliss-reactive ketones (excluding diaryl/α,β-unsaturated/α-hetero) is 1. The highest BCUT2D eigenvalue weighted by molar-refractivity contribution is 5.82. The maximum atomic E-state index is 12.5. The molecular formula is C20H29NO3. The summed E-state index contributed by atoms with van der Waals surface area (Å²) < 4.78 is 11.3. The molecule has 132 valence electrons. The average molecular weight is 331 g/mol. The summed E-state index contributed by atoms with van der Waals surface area (Å²) in [6, 6.07) is 4.53. The van der Waals surface area contributed by atoms with E-state index in [-0.39, 0.29) is 5.41 Å². The molecule has 0 amide bonds. The first kappa shape index (κ1) is 17.3. The van der Waals surface area contributed by atoms with Gasteiger partial charge in [0.1, 0.15) is 5.78 Å². The van der Waals surface area contributed by atoms with Gasteiger partial charge in [0.15, 0.2) is 11.5 Å². The van der Waals surface area contributed by atoms with Crippen LogP contribution >= 0.6 is 0 Å². The van der Waals surface area contributed by atoms with Crippen molar-refractivity contribution in [2.24, 2.45) is 5.92 Å². The highest BCUT2D eigenvalue weighted by Crippen LogP contribution is 2.54. The Bertz CT molecular complexity index is 642. The van der Waals surface area contributed by atoms with E-state index in [0.717, 1.165) is 30.9 Å². The quantitative estimate of drug-likeness (QED) is 0.851. The Labute approximate surface area is 145 Å². The first-order valence-electron chi connectivity index (χ1n) is 8.88. The van der Waals surface area contributed by atoms with E-state index in [1.165, 1.54) is 11.1 Å². The van der Waals surface area contributed by atoms with Crippen LogP contribution in [0.25, 0.3) is 0 Å². The van der Waals surface area contributed by atoms with E-state index < -0.39 is 0 Å². The van der Waals surface area contributed by atoms with Gasteiger partial charge in [-0.3, -0.25) is 4.79 Å². The SMILES string of the molecule is COc1ccc(C)c([C@]23CCN(C)[C@H](C)[C@@H]2CCC(=O)C3)c1OC. The van der Waals surface area contributed by atoms with Gasteiger partial charge in [-0.25, -0.2) is 0 Å². The van der Waals surface area contributed by atoms with Crippen molar-refractivity contribution in [2.75, 3.05) is 27.8 Å². The molecule has 0 bridgehead atoms. The molecule has 0 N–H and O–H groups in total. The van der Waals surface area contributed by atoms with Crippen molar-refractivity contribution in [3.05, 3.63) is 23.3 Å². The van der Waals surface area contributed by atoms with Gasteiger partial charge >= 0.3 is 0 Å². The Kier molecular flexibility index (Phi) is 4.60. The molecule has 3 atom stereocenters. The molecule has 0 unspecified atom stereocenters. The third kappa shape index (κ3) is 2.52. The lowest BCUT2D eigenvalue weighted by Crippen LogP contribution is -2.56. The van der Waals surface area contributed by atoms with Crippen molar-refractivity contribution in [3.8, 4) is 11.5 Å². The number of aryl methyl sites for hydroxylation is 1. The second-order valence-electron chi connectivity index (χ2n) is 7.48. The average Bonchev–Trinajstić information content (AvgIpc) is 2.57. The largest absolute Gasteiger partial charge is 0.493 e. The van der Waals surface area contributed by atoms with E-state index in [1.54, 1.807) is 14.2 Å². The Morgan fingerprint density at radius 1 is 1.25 bits per heavy atom. The van der Waals surface area contributed by atoms with Crippen molar-refractivity contribution in [1.29, 1.82) is 0 Å². The van der Waals surface area contributed by atoms with E-state index in [2.05, 4.69) is 31.9 Å². The minimum Gasteiger partial charge on any atom is -0.493 e. The van der Waals surface area contributed by atoms with Crippen molar-refractivity contribution in [1.82, 2.24) is 4.90 Å². The zero-order valence-electron chi connectivity index (χ0n) is 15.5. The van der Waals surface area contributed by atoms with Gasteiger partial charge in [0.05, 0.1) is 14.2 Å². The summed E-state index contributed by atoms with van der Waals surface area (Å²) >= 11 is 0. The monoisotopic (exact) mass is 331 g/mol. The van der Waals surface area contributed by atoms with E-state index in [0.29, 0.717) is 30.6 Å². The number of fused-ring (bicyclic) bond motifs is 1. The third-order valence-electron chi connectivity index (χ3n) is 6.40. The maximum Gasteiger partial charge on any atom is 0.164 e. The number of rotatable bonds is 3. The first-order valence-corrected chi connectivity index (χ1v) is 8.88. The molecule has 1 aliphatic heterocycles. The fourth-order valence-electron chi connectivity index (χ4n) is 5.07. The number of methoxy groups -OCH3 is 2. The summed E-state index contributed by atoms with van der Waals surface area (Å²) in [5, 5.41) is 0. The van der Waals surface area contributed by atoms with Crippen LogP contribution in [0.5, 0.6) is 11.5 Å². The molecule has 0 radical (unpaired) electrons. The number of nitrogens with zero attached hydrogens (tertiary/aromatic N) is 1. The number of carbonyl (C=O) groups excluding carboxylic acids is 1. The van der Waals surface area contributed by atoms with E-state index in [1.807, 2.05) is 6.07 Å². The van der Waals surface area contributed by atoms with Crippen molar-refractivity contribution < 1.29 is 14.3 Å². The Morgan fingerprint density at radius 3 is 2.67 bits per heavy atom. The summed E-state index contributed by atoms with van der Waals surface area (Å²) in [5.74, 6) is 2.42. The molecule has 1 aromatic rings. The van der Waals surface area contributed by atoms with Crippen molar-refractivity contribution >= 4 is 5.78 Å². The summed E-state index contributed by atoms with van der Waals surface area (Å²) in [6.45, 7) is 5.44. The molecule has 24 heavy (non-hydrogen) atoms. The maximum absolute atomic E-state index is 12.5. The highest BCUT2D eigenvalue weighted by Gasteiger charge is 2.52. The van der Waals surface area contributed by atoms with Crippen LogP contribution in [0.4, 0.5) is 0 Å². The van der Waals surface area contributed by atoms with Crippen LogP contribution < -0.4 is 9.47 Å². The number of likely N-dealkylation sites (tertiary alicyclic amines) is 1. The van der Waals surface area contributed by atoms with Gasteiger partial charge in [0.25, 0.3) is 0 Å². The zero-order chi connectivity index (χ0) is 17.5. The third-order valence-corrected chi connectivity index (χ3v) is 6.40. The number of benzene rings is 1. The molecule has 4 nitrogen and oxygen atoms in total. The minimum absolute atomic E-state index is 0.134. The van der Waals surface area contributed by atoms with Gasteiger partial charge in [0, 0.05) is 29.9 Å². The summed E-state index contributed by atoms with van der Waals surface area (Å²) in [7, 11) is 5.57. The van der Waals surface area contributed by atoms with Crippen LogP contribution in [0.3, 0.4) is 0 Å². The lowest BCUT2D eigenvalue weighted by Gasteiger charge is -2.54. The Hall–Kier alpha value is -1.55. The normalized spacial score (nSPS) is 30.8. The van der Waals surface area contributed by atoms with Gasteiger partial charge in [-0.05, 0) is 57.8 Å². The number of piperidine rings is 1. The Balaban J connectivity index is 2.22.